The molecule has 1 aromatic carbocycles. The third kappa shape index (κ3) is 3.30. The highest BCUT2D eigenvalue weighted by atomic mass is 32.2. The third-order valence-corrected chi connectivity index (χ3v) is 4.57. The average molecular weight is 330 g/mol. The molecule has 0 fully saturated rings. The molecule has 1 aliphatic carbocycles. The van der Waals surface area contributed by atoms with E-state index in [-0.39, 0.29) is 10.5 Å². The molecule has 0 heterocycles. The van der Waals surface area contributed by atoms with Crippen molar-refractivity contribution in [1.82, 2.24) is 0 Å². The number of benzene rings is 1. The van der Waals surface area contributed by atoms with Crippen molar-refractivity contribution >= 4 is 21.2 Å². The van der Waals surface area contributed by atoms with Gasteiger partial charge < -0.3 is 0 Å². The Hall–Kier alpha value is -1.89. The number of alkyl halides is 3. The maximum Gasteiger partial charge on any atom is 0.413 e. The second-order valence-corrected chi connectivity index (χ2v) is 7.13. The van der Waals surface area contributed by atoms with E-state index in [4.69, 9.17) is 0 Å². The molecule has 0 bridgehead atoms. The van der Waals surface area contributed by atoms with E-state index in [9.17, 15) is 26.4 Å². The number of hydrogen-bond acceptors (Lipinski definition) is 3. The lowest BCUT2D eigenvalue weighted by Gasteiger charge is -2.21. The van der Waals surface area contributed by atoms with Gasteiger partial charge in [0.05, 0.1) is 4.90 Å². The number of sulfone groups is 1. The summed E-state index contributed by atoms with van der Waals surface area (Å²) >= 11 is 0. The standard InChI is InChI=1S/C15H13F3O3S/c1-9-13(15(16,17)18)7-11(8-14(9)19)10-3-5-12(6-4-10)22(2,20)21/h3-9H,1-2H3. The fourth-order valence-corrected chi connectivity index (χ4v) is 2.78. The monoisotopic (exact) mass is 330 g/mol. The smallest absolute Gasteiger partial charge is 0.294 e. The molecule has 0 spiro atoms. The van der Waals surface area contributed by atoms with Crippen molar-refractivity contribution in [2.24, 2.45) is 5.92 Å². The summed E-state index contributed by atoms with van der Waals surface area (Å²) < 4.78 is 61.6. The second-order valence-electron chi connectivity index (χ2n) is 5.12. The number of ketones is 1. The summed E-state index contributed by atoms with van der Waals surface area (Å²) in [6.45, 7) is 1.21. The van der Waals surface area contributed by atoms with Crippen LogP contribution in [0.15, 0.2) is 46.9 Å². The van der Waals surface area contributed by atoms with E-state index in [1.165, 1.54) is 31.2 Å². The van der Waals surface area contributed by atoms with Crippen molar-refractivity contribution in [2.75, 3.05) is 6.26 Å². The van der Waals surface area contributed by atoms with Crippen LogP contribution in [0.3, 0.4) is 0 Å². The normalized spacial score (nSPS) is 19.7. The maximum absolute atomic E-state index is 12.9. The van der Waals surface area contributed by atoms with E-state index in [0.717, 1.165) is 18.4 Å². The van der Waals surface area contributed by atoms with Crippen molar-refractivity contribution in [3.05, 3.63) is 47.6 Å². The molecule has 0 radical (unpaired) electrons. The molecule has 0 saturated heterocycles. The van der Waals surface area contributed by atoms with E-state index < -0.39 is 33.3 Å². The number of allylic oxidation sites excluding steroid dienone is 4. The predicted molar refractivity (Wildman–Crippen MR) is 75.8 cm³/mol. The Bertz CT molecular complexity index is 769. The summed E-state index contributed by atoms with van der Waals surface area (Å²) in [4.78, 5) is 11.8. The first-order chi connectivity index (χ1) is 10.00. The minimum absolute atomic E-state index is 0.0624. The third-order valence-electron chi connectivity index (χ3n) is 3.45. The molecule has 2 rings (SSSR count). The van der Waals surface area contributed by atoms with Crippen LogP contribution in [-0.2, 0) is 14.6 Å². The average Bonchev–Trinajstić information content (AvgIpc) is 2.39. The van der Waals surface area contributed by atoms with Gasteiger partial charge in [-0.2, -0.15) is 13.2 Å². The molecule has 0 N–H and O–H groups in total. The first-order valence-corrected chi connectivity index (χ1v) is 8.24. The van der Waals surface area contributed by atoms with E-state index >= 15 is 0 Å². The molecule has 0 aromatic heterocycles. The molecule has 7 heteroatoms. The fourth-order valence-electron chi connectivity index (χ4n) is 2.15. The molecular weight excluding hydrogens is 317 g/mol. The van der Waals surface area contributed by atoms with Crippen LogP contribution in [0.25, 0.3) is 5.57 Å². The Morgan fingerprint density at radius 2 is 1.59 bits per heavy atom. The summed E-state index contributed by atoms with van der Waals surface area (Å²) in [7, 11) is -3.39. The lowest BCUT2D eigenvalue weighted by molar-refractivity contribution is -0.124. The summed E-state index contributed by atoms with van der Waals surface area (Å²) in [5, 5.41) is 0. The highest BCUT2D eigenvalue weighted by molar-refractivity contribution is 7.90. The van der Waals surface area contributed by atoms with Gasteiger partial charge in [-0.3, -0.25) is 4.79 Å². The fraction of sp³-hybridized carbons (Fsp3) is 0.267. The van der Waals surface area contributed by atoms with E-state index in [1.54, 1.807) is 0 Å². The van der Waals surface area contributed by atoms with Crippen LogP contribution in [0.1, 0.15) is 12.5 Å². The Balaban J connectivity index is 2.46. The molecule has 3 nitrogen and oxygen atoms in total. The van der Waals surface area contributed by atoms with Crippen molar-refractivity contribution in [1.29, 1.82) is 0 Å². The lowest BCUT2D eigenvalue weighted by atomic mass is 9.86. The molecule has 118 valence electrons. The number of rotatable bonds is 2. The van der Waals surface area contributed by atoms with Gasteiger partial charge in [0.2, 0.25) is 0 Å². The molecule has 1 aromatic rings. The Labute approximate surface area is 126 Å². The van der Waals surface area contributed by atoms with Gasteiger partial charge in [0, 0.05) is 17.7 Å². The summed E-state index contributed by atoms with van der Waals surface area (Å²) in [5.41, 5.74) is -0.424. The Morgan fingerprint density at radius 1 is 1.05 bits per heavy atom. The van der Waals surface area contributed by atoms with Crippen LogP contribution < -0.4 is 0 Å². The van der Waals surface area contributed by atoms with Gasteiger partial charge in [-0.1, -0.05) is 19.1 Å². The second kappa shape index (κ2) is 5.39. The number of hydrogen-bond donors (Lipinski definition) is 0. The summed E-state index contributed by atoms with van der Waals surface area (Å²) in [6, 6.07) is 5.37. The van der Waals surface area contributed by atoms with Crippen LogP contribution in [0.5, 0.6) is 0 Å². The van der Waals surface area contributed by atoms with Crippen LogP contribution in [0.2, 0.25) is 0 Å². The van der Waals surface area contributed by atoms with Crippen molar-refractivity contribution in [3.63, 3.8) is 0 Å². The van der Waals surface area contributed by atoms with Crippen LogP contribution >= 0.6 is 0 Å². The zero-order chi connectivity index (χ0) is 16.7. The van der Waals surface area contributed by atoms with Gasteiger partial charge in [0.25, 0.3) is 0 Å². The van der Waals surface area contributed by atoms with Gasteiger partial charge >= 0.3 is 6.18 Å². The molecule has 0 saturated carbocycles. The zero-order valence-corrected chi connectivity index (χ0v) is 12.6. The minimum Gasteiger partial charge on any atom is -0.294 e. The molecule has 1 unspecified atom stereocenters. The van der Waals surface area contributed by atoms with Gasteiger partial charge in [0.15, 0.2) is 15.6 Å². The SMILES string of the molecule is CC1C(=O)C=C(c2ccc(S(C)(=O)=O)cc2)C=C1C(F)(F)F. The van der Waals surface area contributed by atoms with Crippen LogP contribution in [0, 0.1) is 5.92 Å². The molecule has 22 heavy (non-hydrogen) atoms. The quantitative estimate of drug-likeness (QED) is 0.837. The predicted octanol–water partition coefficient (Wildman–Crippen LogP) is 3.18. The number of carbonyl (C=O) groups is 1. The lowest BCUT2D eigenvalue weighted by Crippen LogP contribution is -2.25. The van der Waals surface area contributed by atoms with Crippen molar-refractivity contribution in [3.8, 4) is 0 Å². The van der Waals surface area contributed by atoms with Gasteiger partial charge in [-0.25, -0.2) is 8.42 Å². The van der Waals surface area contributed by atoms with Crippen molar-refractivity contribution in [2.45, 2.75) is 18.0 Å². The van der Waals surface area contributed by atoms with E-state index in [1.807, 2.05) is 0 Å². The molecule has 1 atom stereocenters. The molecule has 1 aliphatic rings. The zero-order valence-electron chi connectivity index (χ0n) is 11.8. The largest absolute Gasteiger partial charge is 0.413 e. The van der Waals surface area contributed by atoms with E-state index in [2.05, 4.69) is 0 Å². The summed E-state index contributed by atoms with van der Waals surface area (Å²) in [5.74, 6) is -1.86. The highest BCUT2D eigenvalue weighted by Crippen LogP contribution is 2.37. The minimum atomic E-state index is -4.58. The number of carbonyl (C=O) groups excluding carboxylic acids is 1. The van der Waals surface area contributed by atoms with Crippen molar-refractivity contribution < 1.29 is 26.4 Å². The van der Waals surface area contributed by atoms with Crippen LogP contribution in [-0.4, -0.2) is 26.6 Å². The number of halogens is 3. The Kier molecular flexibility index (Phi) is 4.04. The maximum atomic E-state index is 12.9. The summed E-state index contributed by atoms with van der Waals surface area (Å²) in [6.07, 6.45) is -1.47. The molecule has 0 aliphatic heterocycles. The molecule has 0 amide bonds. The molecular formula is C15H13F3O3S. The first-order valence-electron chi connectivity index (χ1n) is 6.35. The van der Waals surface area contributed by atoms with Gasteiger partial charge in [-0.05, 0) is 35.4 Å². The highest BCUT2D eigenvalue weighted by Gasteiger charge is 2.40. The van der Waals surface area contributed by atoms with Crippen LogP contribution in [0.4, 0.5) is 13.2 Å². The Morgan fingerprint density at radius 3 is 2.05 bits per heavy atom. The van der Waals surface area contributed by atoms with Gasteiger partial charge in [0.1, 0.15) is 0 Å². The first kappa shape index (κ1) is 16.5. The van der Waals surface area contributed by atoms with E-state index in [0.29, 0.717) is 5.56 Å². The van der Waals surface area contributed by atoms with Gasteiger partial charge in [-0.15, -0.1) is 0 Å². The topological polar surface area (TPSA) is 51.2 Å².